The molecule has 2 aliphatic rings. The normalized spacial score (nSPS) is 29.6. The quantitative estimate of drug-likeness (QED) is 0.552. The van der Waals surface area contributed by atoms with E-state index in [-0.39, 0.29) is 17.1 Å². The highest BCUT2D eigenvalue weighted by molar-refractivity contribution is 5.84. The molecular formula is C23H28F2. The average molecular weight is 342 g/mol. The molecule has 0 saturated heterocycles. The first-order valence-electron chi connectivity index (χ1n) is 10.0. The minimum atomic E-state index is -0.439. The van der Waals surface area contributed by atoms with Gasteiger partial charge >= 0.3 is 0 Å². The highest BCUT2D eigenvalue weighted by atomic mass is 19.1. The summed E-state index contributed by atoms with van der Waals surface area (Å²) in [6, 6.07) is 8.60. The van der Waals surface area contributed by atoms with Gasteiger partial charge in [-0.2, -0.15) is 0 Å². The minimum absolute atomic E-state index is 0.175. The van der Waals surface area contributed by atoms with Crippen LogP contribution < -0.4 is 0 Å². The Morgan fingerprint density at radius 2 is 1.72 bits per heavy atom. The van der Waals surface area contributed by atoms with E-state index in [9.17, 15) is 4.39 Å². The molecule has 4 rings (SSSR count). The predicted octanol–water partition coefficient (Wildman–Crippen LogP) is 7.22. The van der Waals surface area contributed by atoms with E-state index in [2.05, 4.69) is 6.92 Å². The van der Waals surface area contributed by atoms with Gasteiger partial charge in [0.05, 0.1) is 5.39 Å². The van der Waals surface area contributed by atoms with Crippen LogP contribution in [0, 0.1) is 29.4 Å². The lowest BCUT2D eigenvalue weighted by Crippen LogP contribution is -2.30. The summed E-state index contributed by atoms with van der Waals surface area (Å²) in [5.74, 6) is 1.98. The summed E-state index contributed by atoms with van der Waals surface area (Å²) < 4.78 is 29.2. The molecule has 4 unspecified atom stereocenters. The van der Waals surface area contributed by atoms with Crippen molar-refractivity contribution in [1.82, 2.24) is 0 Å². The Morgan fingerprint density at radius 1 is 0.920 bits per heavy atom. The third kappa shape index (κ3) is 3.20. The van der Waals surface area contributed by atoms with Crippen LogP contribution in [-0.4, -0.2) is 0 Å². The van der Waals surface area contributed by atoms with E-state index in [0.29, 0.717) is 5.39 Å². The monoisotopic (exact) mass is 342 g/mol. The van der Waals surface area contributed by atoms with Gasteiger partial charge in [0.15, 0.2) is 0 Å². The molecule has 2 aromatic carbocycles. The molecule has 0 nitrogen and oxygen atoms in total. The molecule has 0 amide bonds. The lowest BCUT2D eigenvalue weighted by Gasteiger charge is -2.42. The van der Waals surface area contributed by atoms with E-state index in [0.717, 1.165) is 36.2 Å². The molecule has 2 heteroatoms. The van der Waals surface area contributed by atoms with Crippen LogP contribution in [0.5, 0.6) is 0 Å². The summed E-state index contributed by atoms with van der Waals surface area (Å²) in [5.41, 5.74) is 0.742. The summed E-state index contributed by atoms with van der Waals surface area (Å²) in [7, 11) is 0. The van der Waals surface area contributed by atoms with E-state index in [4.69, 9.17) is 0 Å². The van der Waals surface area contributed by atoms with Gasteiger partial charge in [-0.15, -0.1) is 0 Å². The van der Waals surface area contributed by atoms with Gasteiger partial charge in [-0.3, -0.25) is 0 Å². The summed E-state index contributed by atoms with van der Waals surface area (Å²) in [5, 5.41) is 0.837. The maximum Gasteiger partial charge on any atom is 0.137 e. The molecule has 0 N–H and O–H groups in total. The van der Waals surface area contributed by atoms with Gasteiger partial charge in [-0.1, -0.05) is 50.5 Å². The van der Waals surface area contributed by atoms with Crippen molar-refractivity contribution in [1.29, 1.82) is 0 Å². The van der Waals surface area contributed by atoms with Crippen LogP contribution >= 0.6 is 0 Å². The minimum Gasteiger partial charge on any atom is -0.206 e. The zero-order valence-electron chi connectivity index (χ0n) is 15.1. The second-order valence-electron chi connectivity index (χ2n) is 8.30. The Morgan fingerprint density at radius 3 is 2.56 bits per heavy atom. The van der Waals surface area contributed by atoms with Crippen LogP contribution in [0.4, 0.5) is 8.78 Å². The van der Waals surface area contributed by atoms with Crippen LogP contribution in [0.3, 0.4) is 0 Å². The first-order chi connectivity index (χ1) is 12.2. The fourth-order valence-corrected chi connectivity index (χ4v) is 5.56. The van der Waals surface area contributed by atoms with Gasteiger partial charge in [0, 0.05) is 0 Å². The fraction of sp³-hybridized carbons (Fsp3) is 0.565. The van der Waals surface area contributed by atoms with Gasteiger partial charge < -0.3 is 0 Å². The molecular weight excluding hydrogens is 314 g/mol. The molecule has 2 aromatic rings. The van der Waals surface area contributed by atoms with E-state index < -0.39 is 5.82 Å². The third-order valence-electron chi connectivity index (χ3n) is 6.82. The van der Waals surface area contributed by atoms with Crippen molar-refractivity contribution in [2.45, 2.75) is 64.2 Å². The molecule has 2 aliphatic carbocycles. The Hall–Kier alpha value is -1.44. The van der Waals surface area contributed by atoms with Crippen molar-refractivity contribution >= 4 is 10.8 Å². The lowest BCUT2D eigenvalue weighted by molar-refractivity contribution is 0.113. The zero-order chi connectivity index (χ0) is 17.4. The molecule has 2 saturated carbocycles. The Balaban J connectivity index is 1.55. The summed E-state index contributed by atoms with van der Waals surface area (Å²) in [4.78, 5) is 0. The number of halogens is 2. The maximum absolute atomic E-state index is 15.1. The van der Waals surface area contributed by atoms with Crippen molar-refractivity contribution in [2.75, 3.05) is 0 Å². The number of hydrogen-bond acceptors (Lipinski definition) is 0. The lowest BCUT2D eigenvalue weighted by atomic mass is 9.63. The van der Waals surface area contributed by atoms with Gasteiger partial charge in [0.2, 0.25) is 0 Å². The van der Waals surface area contributed by atoms with Crippen LogP contribution in [-0.2, 0) is 0 Å². The van der Waals surface area contributed by atoms with Crippen molar-refractivity contribution < 1.29 is 8.78 Å². The number of fused-ring (bicyclic) bond motifs is 2. The number of rotatable bonds is 3. The van der Waals surface area contributed by atoms with Crippen LogP contribution in [0.1, 0.15) is 69.8 Å². The molecule has 0 aromatic heterocycles. The average Bonchev–Trinajstić information content (AvgIpc) is 2.62. The Bertz CT molecular complexity index is 751. The molecule has 0 heterocycles. The van der Waals surface area contributed by atoms with Crippen LogP contribution in [0.2, 0.25) is 0 Å². The topological polar surface area (TPSA) is 0 Å². The SMILES string of the molecule is CCCC1CCC2CC(c3ccc4cccc(F)c4c3F)CCC2C1. The standard InChI is InChI=1S/C23H28F2/c1-2-4-15-7-8-18-14-19(10-9-17(18)13-15)20-12-11-16-5-3-6-21(24)22(16)23(20)25/h3,5-6,11-12,15,17-19H,2,4,7-10,13-14H2,1H3. The highest BCUT2D eigenvalue weighted by Crippen LogP contribution is 2.49. The summed E-state index contributed by atoms with van der Waals surface area (Å²) in [6.07, 6.45) is 10.0. The number of hydrogen-bond donors (Lipinski definition) is 0. The first-order valence-corrected chi connectivity index (χ1v) is 10.0. The Labute approximate surface area is 149 Å². The zero-order valence-corrected chi connectivity index (χ0v) is 15.1. The van der Waals surface area contributed by atoms with Crippen LogP contribution in [0.15, 0.2) is 30.3 Å². The summed E-state index contributed by atoms with van der Waals surface area (Å²) >= 11 is 0. The molecule has 25 heavy (non-hydrogen) atoms. The van der Waals surface area contributed by atoms with Gasteiger partial charge in [-0.25, -0.2) is 8.78 Å². The largest absolute Gasteiger partial charge is 0.206 e. The molecule has 0 radical (unpaired) electrons. The van der Waals surface area contributed by atoms with E-state index >= 15 is 4.39 Å². The molecule has 0 aliphatic heterocycles. The van der Waals surface area contributed by atoms with Gasteiger partial charge in [0.1, 0.15) is 11.6 Å². The third-order valence-corrected chi connectivity index (χ3v) is 6.82. The highest BCUT2D eigenvalue weighted by Gasteiger charge is 2.36. The molecule has 4 atom stereocenters. The smallest absolute Gasteiger partial charge is 0.137 e. The second kappa shape index (κ2) is 7.05. The Kier molecular flexibility index (Phi) is 4.80. The van der Waals surface area contributed by atoms with Crippen molar-refractivity contribution in [3.63, 3.8) is 0 Å². The van der Waals surface area contributed by atoms with Crippen LogP contribution in [0.25, 0.3) is 10.8 Å². The van der Waals surface area contributed by atoms with Crippen molar-refractivity contribution in [3.05, 3.63) is 47.5 Å². The summed E-state index contributed by atoms with van der Waals surface area (Å²) in [6.45, 7) is 2.28. The number of benzene rings is 2. The fourth-order valence-electron chi connectivity index (χ4n) is 5.56. The van der Waals surface area contributed by atoms with Gasteiger partial charge in [-0.05, 0) is 72.8 Å². The molecule has 2 fully saturated rings. The van der Waals surface area contributed by atoms with E-state index in [1.165, 1.54) is 44.6 Å². The van der Waals surface area contributed by atoms with Crippen molar-refractivity contribution in [3.8, 4) is 0 Å². The van der Waals surface area contributed by atoms with E-state index in [1.54, 1.807) is 12.1 Å². The second-order valence-corrected chi connectivity index (χ2v) is 8.30. The first kappa shape index (κ1) is 17.0. The van der Waals surface area contributed by atoms with Crippen molar-refractivity contribution in [2.24, 2.45) is 17.8 Å². The predicted molar refractivity (Wildman–Crippen MR) is 99.7 cm³/mol. The maximum atomic E-state index is 15.1. The molecule has 0 spiro atoms. The van der Waals surface area contributed by atoms with Gasteiger partial charge in [0.25, 0.3) is 0 Å². The molecule has 0 bridgehead atoms. The van der Waals surface area contributed by atoms with E-state index in [1.807, 2.05) is 12.1 Å². The molecule has 134 valence electrons.